The molecule has 4 heteroatoms. The highest BCUT2D eigenvalue weighted by molar-refractivity contribution is 5.41. The third-order valence-corrected chi connectivity index (χ3v) is 3.42. The van der Waals surface area contributed by atoms with Gasteiger partial charge in [-0.15, -0.1) is 10.2 Å². The lowest BCUT2D eigenvalue weighted by Crippen LogP contribution is -2.25. The van der Waals surface area contributed by atoms with Gasteiger partial charge in [0.15, 0.2) is 5.82 Å². The molecule has 88 valence electrons. The summed E-state index contributed by atoms with van der Waals surface area (Å²) in [6.45, 7) is 4.47. The molecule has 4 nitrogen and oxygen atoms in total. The lowest BCUT2D eigenvalue weighted by Gasteiger charge is -2.20. The Labute approximate surface area is 96.9 Å². The zero-order valence-corrected chi connectivity index (χ0v) is 9.89. The molecule has 0 saturated carbocycles. The minimum atomic E-state index is 0.491. The molecule has 0 bridgehead atoms. The molecule has 1 aliphatic rings. The fourth-order valence-electron chi connectivity index (χ4n) is 2.31. The number of nitrogens with two attached hydrogens (primary N) is 1. The second kappa shape index (κ2) is 5.14. The van der Waals surface area contributed by atoms with Gasteiger partial charge in [-0.25, -0.2) is 0 Å². The number of nitrogens with zero attached hydrogens (tertiary/aromatic N) is 3. The van der Waals surface area contributed by atoms with Crippen LogP contribution in [0.1, 0.15) is 32.6 Å². The summed E-state index contributed by atoms with van der Waals surface area (Å²) in [6.07, 6.45) is 5.16. The summed E-state index contributed by atoms with van der Waals surface area (Å²) in [6, 6.07) is 3.79. The Kier molecular flexibility index (Phi) is 3.59. The van der Waals surface area contributed by atoms with Crippen molar-refractivity contribution in [1.29, 1.82) is 0 Å². The molecule has 2 rings (SSSR count). The molecule has 0 spiro atoms. The van der Waals surface area contributed by atoms with E-state index in [1.807, 2.05) is 12.1 Å². The first-order valence-corrected chi connectivity index (χ1v) is 6.13. The quantitative estimate of drug-likeness (QED) is 0.829. The van der Waals surface area contributed by atoms with Gasteiger partial charge in [-0.1, -0.05) is 13.3 Å². The topological polar surface area (TPSA) is 55.0 Å². The molecule has 1 aromatic heterocycles. The zero-order chi connectivity index (χ0) is 11.4. The average Bonchev–Trinajstić information content (AvgIpc) is 2.55. The van der Waals surface area contributed by atoms with Crippen molar-refractivity contribution in [3.8, 4) is 0 Å². The Balaban J connectivity index is 2.02. The van der Waals surface area contributed by atoms with Crippen molar-refractivity contribution in [2.75, 3.05) is 23.7 Å². The lowest BCUT2D eigenvalue weighted by molar-refractivity contribution is 0.459. The molecule has 16 heavy (non-hydrogen) atoms. The van der Waals surface area contributed by atoms with Gasteiger partial charge in [0.25, 0.3) is 0 Å². The van der Waals surface area contributed by atoms with E-state index in [-0.39, 0.29) is 0 Å². The molecule has 1 unspecified atom stereocenters. The highest BCUT2D eigenvalue weighted by Crippen LogP contribution is 2.22. The van der Waals surface area contributed by atoms with Crippen LogP contribution in [-0.4, -0.2) is 23.3 Å². The van der Waals surface area contributed by atoms with Crippen LogP contribution in [0.15, 0.2) is 12.1 Å². The molecule has 1 fully saturated rings. The molecular formula is C12H20N4. The third-order valence-electron chi connectivity index (χ3n) is 3.42. The van der Waals surface area contributed by atoms with E-state index in [9.17, 15) is 0 Å². The molecule has 1 atom stereocenters. The minimum Gasteiger partial charge on any atom is -0.382 e. The molecule has 1 aliphatic heterocycles. The average molecular weight is 220 g/mol. The van der Waals surface area contributed by atoms with Crippen LogP contribution in [0.2, 0.25) is 0 Å². The van der Waals surface area contributed by atoms with Crippen molar-refractivity contribution in [2.24, 2.45) is 5.92 Å². The van der Waals surface area contributed by atoms with E-state index >= 15 is 0 Å². The molecule has 0 amide bonds. The van der Waals surface area contributed by atoms with Crippen molar-refractivity contribution in [2.45, 2.75) is 32.6 Å². The normalized spacial score (nSPS) is 21.8. The van der Waals surface area contributed by atoms with Crippen molar-refractivity contribution >= 4 is 11.6 Å². The van der Waals surface area contributed by atoms with Crippen LogP contribution in [0, 0.1) is 5.92 Å². The van der Waals surface area contributed by atoms with Gasteiger partial charge in [0, 0.05) is 13.1 Å². The van der Waals surface area contributed by atoms with Crippen LogP contribution >= 0.6 is 0 Å². The number of hydrogen-bond donors (Lipinski definition) is 1. The van der Waals surface area contributed by atoms with Gasteiger partial charge >= 0.3 is 0 Å². The molecule has 2 N–H and O–H groups in total. The summed E-state index contributed by atoms with van der Waals surface area (Å²) in [4.78, 5) is 2.32. The monoisotopic (exact) mass is 220 g/mol. The van der Waals surface area contributed by atoms with Crippen LogP contribution in [0.5, 0.6) is 0 Å². The molecule has 0 aliphatic carbocycles. The van der Waals surface area contributed by atoms with Gasteiger partial charge in [-0.2, -0.15) is 0 Å². The van der Waals surface area contributed by atoms with Gasteiger partial charge < -0.3 is 10.6 Å². The zero-order valence-electron chi connectivity index (χ0n) is 9.89. The highest BCUT2D eigenvalue weighted by atomic mass is 15.3. The smallest absolute Gasteiger partial charge is 0.151 e. The summed E-state index contributed by atoms with van der Waals surface area (Å²) < 4.78 is 0. The maximum atomic E-state index is 5.54. The largest absolute Gasteiger partial charge is 0.382 e. The van der Waals surface area contributed by atoms with E-state index in [0.29, 0.717) is 5.82 Å². The molecule has 0 aromatic carbocycles. The molecule has 2 heterocycles. The SMILES string of the molecule is CCC1CCCN(c2ccc(N)nn2)CC1. The number of anilines is 2. The summed E-state index contributed by atoms with van der Waals surface area (Å²) >= 11 is 0. The van der Waals surface area contributed by atoms with Gasteiger partial charge in [0.1, 0.15) is 5.82 Å². The van der Waals surface area contributed by atoms with Crippen LogP contribution < -0.4 is 10.6 Å². The molecular weight excluding hydrogens is 200 g/mol. The fourth-order valence-corrected chi connectivity index (χ4v) is 2.31. The van der Waals surface area contributed by atoms with E-state index in [4.69, 9.17) is 5.73 Å². The summed E-state index contributed by atoms with van der Waals surface area (Å²) in [5, 5.41) is 8.06. The summed E-state index contributed by atoms with van der Waals surface area (Å²) in [7, 11) is 0. The Hall–Kier alpha value is -1.32. The van der Waals surface area contributed by atoms with E-state index in [0.717, 1.165) is 24.8 Å². The van der Waals surface area contributed by atoms with Gasteiger partial charge in [0.2, 0.25) is 0 Å². The van der Waals surface area contributed by atoms with Crippen LogP contribution in [0.4, 0.5) is 11.6 Å². The summed E-state index contributed by atoms with van der Waals surface area (Å²) in [5.74, 6) is 2.34. The van der Waals surface area contributed by atoms with E-state index in [1.54, 1.807) is 0 Å². The molecule has 1 aromatic rings. The van der Waals surface area contributed by atoms with Crippen LogP contribution in [-0.2, 0) is 0 Å². The molecule has 0 radical (unpaired) electrons. The van der Waals surface area contributed by atoms with E-state index in [1.165, 1.54) is 25.7 Å². The third kappa shape index (κ3) is 2.62. The number of nitrogen functional groups attached to an aromatic ring is 1. The standard InChI is InChI=1S/C12H20N4/c1-2-10-4-3-8-16(9-7-10)12-6-5-11(13)14-15-12/h5-6,10H,2-4,7-9H2,1H3,(H2,13,14). The Bertz CT molecular complexity index is 322. The first-order valence-electron chi connectivity index (χ1n) is 6.13. The van der Waals surface area contributed by atoms with E-state index < -0.39 is 0 Å². The Morgan fingerprint density at radius 2 is 2.19 bits per heavy atom. The maximum absolute atomic E-state index is 5.54. The minimum absolute atomic E-state index is 0.491. The van der Waals surface area contributed by atoms with Crippen molar-refractivity contribution < 1.29 is 0 Å². The Morgan fingerprint density at radius 1 is 1.31 bits per heavy atom. The molecule has 1 saturated heterocycles. The first kappa shape index (κ1) is 11.2. The van der Waals surface area contributed by atoms with Crippen molar-refractivity contribution in [1.82, 2.24) is 10.2 Å². The lowest BCUT2D eigenvalue weighted by atomic mass is 9.98. The number of hydrogen-bond acceptors (Lipinski definition) is 4. The van der Waals surface area contributed by atoms with Gasteiger partial charge in [-0.05, 0) is 37.3 Å². The van der Waals surface area contributed by atoms with Crippen molar-refractivity contribution in [3.05, 3.63) is 12.1 Å². The fraction of sp³-hybridized carbons (Fsp3) is 0.667. The second-order valence-corrected chi connectivity index (χ2v) is 4.51. The van der Waals surface area contributed by atoms with Gasteiger partial charge in [-0.3, -0.25) is 0 Å². The number of rotatable bonds is 2. The number of aromatic nitrogens is 2. The van der Waals surface area contributed by atoms with Crippen LogP contribution in [0.25, 0.3) is 0 Å². The maximum Gasteiger partial charge on any atom is 0.151 e. The van der Waals surface area contributed by atoms with Gasteiger partial charge in [0.05, 0.1) is 0 Å². The predicted octanol–water partition coefficient (Wildman–Crippen LogP) is 2.08. The Morgan fingerprint density at radius 3 is 2.88 bits per heavy atom. The summed E-state index contributed by atoms with van der Waals surface area (Å²) in [5.41, 5.74) is 5.54. The predicted molar refractivity (Wildman–Crippen MR) is 66.3 cm³/mol. The van der Waals surface area contributed by atoms with Crippen molar-refractivity contribution in [3.63, 3.8) is 0 Å². The first-order chi connectivity index (χ1) is 7.79. The highest BCUT2D eigenvalue weighted by Gasteiger charge is 2.16. The van der Waals surface area contributed by atoms with Crippen LogP contribution in [0.3, 0.4) is 0 Å². The second-order valence-electron chi connectivity index (χ2n) is 4.51. The van der Waals surface area contributed by atoms with E-state index in [2.05, 4.69) is 22.0 Å².